The van der Waals surface area contributed by atoms with Crippen molar-refractivity contribution in [2.75, 3.05) is 0 Å². The topological polar surface area (TPSA) is 89.4 Å². The van der Waals surface area contributed by atoms with Crippen molar-refractivity contribution in [2.45, 2.75) is 76.1 Å². The van der Waals surface area contributed by atoms with E-state index in [0.29, 0.717) is 5.69 Å². The number of nitrogens with zero attached hydrogens (tertiary/aromatic N) is 4. The van der Waals surface area contributed by atoms with E-state index in [9.17, 15) is 9.59 Å². The zero-order valence-corrected chi connectivity index (χ0v) is 20.7. The first-order valence-corrected chi connectivity index (χ1v) is 12.8. The molecule has 180 valence electrons. The fraction of sp³-hybridized carbons (Fsp3) is 0.520. The summed E-state index contributed by atoms with van der Waals surface area (Å²) in [5, 5.41) is 9.90. The fourth-order valence-electron chi connectivity index (χ4n) is 5.41. The lowest BCUT2D eigenvalue weighted by Gasteiger charge is -2.39. The van der Waals surface area contributed by atoms with Crippen LogP contribution in [0.1, 0.15) is 62.9 Å². The maximum Gasteiger partial charge on any atom is 0.411 e. The predicted molar refractivity (Wildman–Crippen MR) is 130 cm³/mol. The zero-order valence-electron chi connectivity index (χ0n) is 19.9. The number of hydrogen-bond acceptors (Lipinski definition) is 6. The van der Waals surface area contributed by atoms with Crippen molar-refractivity contribution in [2.24, 2.45) is 7.05 Å². The van der Waals surface area contributed by atoms with Gasteiger partial charge in [0.05, 0.1) is 12.2 Å². The van der Waals surface area contributed by atoms with Crippen molar-refractivity contribution >= 4 is 23.3 Å². The number of amides is 2. The molecule has 0 spiro atoms. The van der Waals surface area contributed by atoms with Crippen LogP contribution in [0.25, 0.3) is 10.6 Å². The molecule has 1 aliphatic heterocycles. The summed E-state index contributed by atoms with van der Waals surface area (Å²) in [7, 11) is 1.86. The predicted octanol–water partition coefficient (Wildman–Crippen LogP) is 4.46. The van der Waals surface area contributed by atoms with Crippen LogP contribution in [0.15, 0.2) is 41.6 Å². The summed E-state index contributed by atoms with van der Waals surface area (Å²) in [4.78, 5) is 32.2. The molecule has 5 rings (SSSR count). The Kier molecular flexibility index (Phi) is 6.06. The average molecular weight is 482 g/mol. The van der Waals surface area contributed by atoms with Gasteiger partial charge in [0.2, 0.25) is 0 Å². The highest BCUT2D eigenvalue weighted by atomic mass is 32.1. The smallest absolute Gasteiger partial charge is 0.411 e. The number of rotatable bonds is 5. The molecule has 2 aromatic rings. The van der Waals surface area contributed by atoms with Crippen molar-refractivity contribution < 1.29 is 14.3 Å². The molecule has 1 N–H and O–H groups in total. The maximum absolute atomic E-state index is 12.9. The Hall–Kier alpha value is -2.94. The standard InChI is InChI=1S/C25H31N5O3S/c1-25(2)21(16-7-5-4-6-8-16)30(24(32)33-25)19-11-9-18(10-12-19)27-22(31)20-15-34-23(28-20)17-13-26-29(3)14-17/h4-5,7,13-15,18-19,21H,6,8-12H2,1-3H3,(H,27,31)/t18?,19?,21-/m0/s1. The highest BCUT2D eigenvalue weighted by Gasteiger charge is 2.52. The summed E-state index contributed by atoms with van der Waals surface area (Å²) < 4.78 is 7.53. The lowest BCUT2D eigenvalue weighted by atomic mass is 9.83. The lowest BCUT2D eigenvalue weighted by Crippen LogP contribution is -2.50. The van der Waals surface area contributed by atoms with Crippen molar-refractivity contribution in [3.05, 3.63) is 47.3 Å². The highest BCUT2D eigenvalue weighted by molar-refractivity contribution is 7.13. The van der Waals surface area contributed by atoms with Gasteiger partial charge >= 0.3 is 6.09 Å². The van der Waals surface area contributed by atoms with Gasteiger partial charge in [-0.15, -0.1) is 11.3 Å². The van der Waals surface area contributed by atoms with Gasteiger partial charge in [-0.05, 0) is 57.9 Å². The van der Waals surface area contributed by atoms with Crippen LogP contribution in [0.4, 0.5) is 4.79 Å². The molecule has 2 aliphatic carbocycles. The number of aryl methyl sites for hydroxylation is 1. The van der Waals surface area contributed by atoms with Crippen LogP contribution in [0.3, 0.4) is 0 Å². The molecule has 0 aromatic carbocycles. The second kappa shape index (κ2) is 9.02. The van der Waals surface area contributed by atoms with Gasteiger partial charge in [-0.25, -0.2) is 9.78 Å². The fourth-order valence-corrected chi connectivity index (χ4v) is 6.18. The molecule has 34 heavy (non-hydrogen) atoms. The summed E-state index contributed by atoms with van der Waals surface area (Å²) in [6.07, 6.45) is 15.1. The summed E-state index contributed by atoms with van der Waals surface area (Å²) in [5.74, 6) is -0.145. The summed E-state index contributed by atoms with van der Waals surface area (Å²) in [5.41, 5.74) is 2.07. The van der Waals surface area contributed by atoms with Crippen molar-refractivity contribution in [1.29, 1.82) is 0 Å². The molecule has 9 heteroatoms. The Bertz CT molecular complexity index is 1140. The van der Waals surface area contributed by atoms with Gasteiger partial charge in [-0.3, -0.25) is 14.4 Å². The van der Waals surface area contributed by atoms with E-state index >= 15 is 0 Å². The molecule has 1 atom stereocenters. The van der Waals surface area contributed by atoms with E-state index in [1.807, 2.05) is 32.0 Å². The van der Waals surface area contributed by atoms with Gasteiger partial charge in [0, 0.05) is 36.3 Å². The molecule has 1 saturated carbocycles. The number of carbonyl (C=O) groups excluding carboxylic acids is 2. The third-order valence-corrected chi connectivity index (χ3v) is 7.90. The molecule has 1 saturated heterocycles. The highest BCUT2D eigenvalue weighted by Crippen LogP contribution is 2.40. The van der Waals surface area contributed by atoms with Gasteiger partial charge in [0.15, 0.2) is 0 Å². The zero-order chi connectivity index (χ0) is 23.9. The number of hydrogen-bond donors (Lipinski definition) is 1. The third-order valence-electron chi connectivity index (χ3n) is 7.01. The van der Waals surface area contributed by atoms with Crippen LogP contribution in [-0.2, 0) is 11.8 Å². The summed E-state index contributed by atoms with van der Waals surface area (Å²) >= 11 is 1.44. The van der Waals surface area contributed by atoms with Gasteiger partial charge in [0.25, 0.3) is 5.91 Å². The number of aromatic nitrogens is 3. The number of allylic oxidation sites excluding steroid dienone is 3. The Morgan fingerprint density at radius 1 is 1.26 bits per heavy atom. The number of ether oxygens (including phenoxy) is 1. The van der Waals surface area contributed by atoms with E-state index < -0.39 is 5.60 Å². The number of thiazole rings is 1. The molecule has 0 unspecified atom stereocenters. The first kappa shape index (κ1) is 22.8. The maximum atomic E-state index is 12.9. The second-order valence-electron chi connectivity index (χ2n) is 9.91. The second-order valence-corrected chi connectivity index (χ2v) is 10.8. The molecule has 0 radical (unpaired) electrons. The molecular weight excluding hydrogens is 450 g/mol. The van der Waals surface area contributed by atoms with E-state index in [-0.39, 0.29) is 30.1 Å². The van der Waals surface area contributed by atoms with E-state index in [2.05, 4.69) is 33.6 Å². The van der Waals surface area contributed by atoms with E-state index in [0.717, 1.165) is 49.1 Å². The van der Waals surface area contributed by atoms with Crippen LogP contribution >= 0.6 is 11.3 Å². The molecule has 2 aromatic heterocycles. The van der Waals surface area contributed by atoms with Gasteiger partial charge < -0.3 is 10.1 Å². The average Bonchev–Trinajstić information content (AvgIpc) is 3.52. The van der Waals surface area contributed by atoms with Crippen LogP contribution in [0.2, 0.25) is 0 Å². The van der Waals surface area contributed by atoms with Crippen LogP contribution in [0.5, 0.6) is 0 Å². The van der Waals surface area contributed by atoms with E-state index in [4.69, 9.17) is 4.74 Å². The molecular formula is C25H31N5O3S. The molecule has 3 heterocycles. The minimum Gasteiger partial charge on any atom is -0.441 e. The Balaban J connectivity index is 1.21. The lowest BCUT2D eigenvalue weighted by molar-refractivity contribution is 0.0739. The van der Waals surface area contributed by atoms with E-state index in [1.54, 1.807) is 16.3 Å². The van der Waals surface area contributed by atoms with Crippen molar-refractivity contribution in [1.82, 2.24) is 25.0 Å². The van der Waals surface area contributed by atoms with Crippen LogP contribution < -0.4 is 5.32 Å². The molecule has 2 amide bonds. The minimum atomic E-state index is -0.546. The van der Waals surface area contributed by atoms with Gasteiger partial charge in [-0.2, -0.15) is 5.10 Å². The van der Waals surface area contributed by atoms with Gasteiger partial charge in [-0.1, -0.05) is 18.2 Å². The number of carbonyl (C=O) groups is 2. The monoisotopic (exact) mass is 481 g/mol. The van der Waals surface area contributed by atoms with Crippen LogP contribution in [0, 0.1) is 0 Å². The van der Waals surface area contributed by atoms with E-state index in [1.165, 1.54) is 16.9 Å². The largest absolute Gasteiger partial charge is 0.441 e. The third kappa shape index (κ3) is 4.41. The molecule has 8 nitrogen and oxygen atoms in total. The first-order valence-electron chi connectivity index (χ1n) is 11.9. The molecule has 2 fully saturated rings. The normalized spacial score (nSPS) is 26.3. The quantitative estimate of drug-likeness (QED) is 0.681. The first-order chi connectivity index (χ1) is 16.3. The van der Waals surface area contributed by atoms with Crippen molar-refractivity contribution in [3.63, 3.8) is 0 Å². The number of cyclic esters (lactones) is 1. The summed E-state index contributed by atoms with van der Waals surface area (Å²) in [6, 6.07) is 0.159. The minimum absolute atomic E-state index is 0.0398. The Morgan fingerprint density at radius 3 is 2.74 bits per heavy atom. The summed E-state index contributed by atoms with van der Waals surface area (Å²) in [6.45, 7) is 4.02. The van der Waals surface area contributed by atoms with Gasteiger partial charge in [0.1, 0.15) is 16.3 Å². The molecule has 0 bridgehead atoms. The Morgan fingerprint density at radius 2 is 2.06 bits per heavy atom. The number of nitrogens with one attached hydrogen (secondary N) is 1. The van der Waals surface area contributed by atoms with Crippen molar-refractivity contribution in [3.8, 4) is 10.6 Å². The molecule has 3 aliphatic rings. The Labute approximate surface area is 203 Å². The SMILES string of the molecule is Cn1cc(-c2nc(C(=O)NC3CCC(N4C(=O)OC(C)(C)[C@@H]4C4=CC=CCC4)CC3)cs2)cn1. The van der Waals surface area contributed by atoms with Crippen LogP contribution in [-0.4, -0.2) is 55.4 Å².